The van der Waals surface area contributed by atoms with Crippen molar-refractivity contribution in [2.45, 2.75) is 78.2 Å². The van der Waals surface area contributed by atoms with E-state index in [1.807, 2.05) is 0 Å². The third-order valence-electron chi connectivity index (χ3n) is 3.37. The Morgan fingerprint density at radius 3 is 1.65 bits per heavy atom. The van der Waals surface area contributed by atoms with Crippen LogP contribution in [0.15, 0.2) is 0 Å². The predicted molar refractivity (Wildman–Crippen MR) is 77.7 cm³/mol. The van der Waals surface area contributed by atoms with Crippen molar-refractivity contribution in [3.63, 3.8) is 0 Å². The molecule has 0 saturated heterocycles. The molecule has 0 aliphatic rings. The molecule has 0 aromatic rings. The van der Waals surface area contributed by atoms with E-state index in [4.69, 9.17) is 23.3 Å². The molecule has 0 spiro atoms. The molecular weight excluding hydrogens is 273 g/mol. The van der Waals surface area contributed by atoms with Crippen LogP contribution in [-0.4, -0.2) is 23.1 Å². The van der Waals surface area contributed by atoms with Gasteiger partial charge in [0.1, 0.15) is 0 Å². The van der Waals surface area contributed by atoms with E-state index >= 15 is 0 Å². The molecule has 0 radical (unpaired) electrons. The molecule has 0 aromatic heterocycles. The van der Waals surface area contributed by atoms with Gasteiger partial charge in [-0.1, -0.05) is 53.4 Å². The van der Waals surface area contributed by atoms with Crippen molar-refractivity contribution in [3.8, 4) is 0 Å². The maximum atomic E-state index is 8.63. The van der Waals surface area contributed by atoms with Crippen LogP contribution >= 0.6 is 0 Å². The minimum Gasteiger partial charge on any atom is -0.726 e. The van der Waals surface area contributed by atoms with Crippen LogP contribution in [0.1, 0.15) is 72.6 Å². The summed E-state index contributed by atoms with van der Waals surface area (Å²) >= 11 is 0. The van der Waals surface area contributed by atoms with Gasteiger partial charge in [-0.05, 0) is 25.2 Å². The topological polar surface area (TPSA) is 103 Å². The molecule has 0 aliphatic heterocycles. The van der Waals surface area contributed by atoms with E-state index in [1.54, 1.807) is 0 Å². The van der Waals surface area contributed by atoms with Crippen LogP contribution in [0.4, 0.5) is 0 Å². The Balaban J connectivity index is -0.000000414. The Bertz CT molecular complexity index is 295. The molecule has 3 N–H and O–H groups in total. The first kappa shape index (κ1) is 25.4. The maximum Gasteiger partial charge on any atom is 1.00 e. The first-order valence-corrected chi connectivity index (χ1v) is 8.48. The van der Waals surface area contributed by atoms with Gasteiger partial charge < -0.3 is 10.3 Å². The summed E-state index contributed by atoms with van der Waals surface area (Å²) in [5, 5.41) is 0. The van der Waals surface area contributed by atoms with Crippen LogP contribution in [0.3, 0.4) is 0 Å². The number of rotatable bonds is 8. The number of hydrogen-bond donors (Lipinski definition) is 2. The summed E-state index contributed by atoms with van der Waals surface area (Å²) in [6.45, 7) is 9.04. The largest absolute Gasteiger partial charge is 1.00 e. The summed E-state index contributed by atoms with van der Waals surface area (Å²) < 4.78 is 32.8. The quantitative estimate of drug-likeness (QED) is 0.376. The molecule has 0 aliphatic carbocycles. The van der Waals surface area contributed by atoms with Crippen LogP contribution in [0.25, 0.3) is 0 Å². The van der Waals surface area contributed by atoms with Gasteiger partial charge in [0.15, 0.2) is 0 Å². The van der Waals surface area contributed by atoms with Crippen molar-refractivity contribution >= 4 is 10.4 Å². The second-order valence-corrected chi connectivity index (χ2v) is 5.91. The van der Waals surface area contributed by atoms with Crippen LogP contribution in [-0.2, 0) is 10.4 Å². The smallest absolute Gasteiger partial charge is 0.726 e. The summed E-state index contributed by atoms with van der Waals surface area (Å²) in [5.74, 6) is 0.729. The van der Waals surface area contributed by atoms with Gasteiger partial charge in [-0.3, -0.25) is 4.55 Å². The van der Waals surface area contributed by atoms with Crippen LogP contribution in [0.2, 0.25) is 0 Å². The van der Waals surface area contributed by atoms with E-state index in [2.05, 4.69) is 27.7 Å². The summed E-state index contributed by atoms with van der Waals surface area (Å²) in [6.07, 6.45) is 8.63. The molecule has 1 unspecified atom stereocenters. The van der Waals surface area contributed by atoms with E-state index < -0.39 is 10.4 Å². The zero-order valence-corrected chi connectivity index (χ0v) is 14.5. The zero-order valence-electron chi connectivity index (χ0n) is 13.7. The first-order chi connectivity index (χ1) is 8.64. The molecule has 0 saturated carbocycles. The van der Waals surface area contributed by atoms with Crippen molar-refractivity contribution in [2.75, 3.05) is 0 Å². The van der Waals surface area contributed by atoms with Gasteiger partial charge in [0, 0.05) is 5.54 Å². The molecule has 0 rings (SSSR count). The van der Waals surface area contributed by atoms with Gasteiger partial charge >= 0.3 is 18.9 Å². The van der Waals surface area contributed by atoms with Crippen LogP contribution < -0.4 is 24.6 Å². The molecular formula is C13H30LiNO4S. The molecule has 1 atom stereocenters. The Morgan fingerprint density at radius 1 is 1.10 bits per heavy atom. The summed E-state index contributed by atoms with van der Waals surface area (Å²) in [7, 11) is -4.92. The zero-order chi connectivity index (χ0) is 15.5. The molecule has 0 fully saturated rings. The van der Waals surface area contributed by atoms with Crippen molar-refractivity contribution in [1.82, 2.24) is 0 Å². The Kier molecular flexibility index (Phi) is 16.6. The van der Waals surface area contributed by atoms with Gasteiger partial charge in [0.05, 0.1) is 0 Å². The molecule has 0 bridgehead atoms. The van der Waals surface area contributed by atoms with Gasteiger partial charge in [0.25, 0.3) is 0 Å². The minimum atomic E-state index is -4.92. The molecule has 0 heterocycles. The molecule has 118 valence electrons. The number of nitrogens with two attached hydrogens (primary N) is 1. The third kappa shape index (κ3) is 14.8. The van der Waals surface area contributed by atoms with E-state index in [1.165, 1.54) is 44.9 Å². The van der Waals surface area contributed by atoms with Crippen LogP contribution in [0.5, 0.6) is 0 Å². The average Bonchev–Trinajstić information content (AvgIpc) is 2.24. The van der Waals surface area contributed by atoms with Gasteiger partial charge in [0.2, 0.25) is 10.4 Å². The van der Waals surface area contributed by atoms with Gasteiger partial charge in [-0.15, -0.1) is 0 Å². The predicted octanol–water partition coefficient (Wildman–Crippen LogP) is 0.119. The first-order valence-electron chi connectivity index (χ1n) is 7.11. The van der Waals surface area contributed by atoms with Crippen molar-refractivity contribution in [2.24, 2.45) is 11.7 Å². The molecule has 20 heavy (non-hydrogen) atoms. The average molecular weight is 303 g/mol. The van der Waals surface area contributed by atoms with Gasteiger partial charge in [-0.2, -0.15) is 0 Å². The fraction of sp³-hybridized carbons (Fsp3) is 1.00. The second kappa shape index (κ2) is 13.1. The molecule has 5 nitrogen and oxygen atoms in total. The normalized spacial score (nSPS) is 12.9. The summed E-state index contributed by atoms with van der Waals surface area (Å²) in [4.78, 5) is 0. The minimum absolute atomic E-state index is 0. The Labute approximate surface area is 136 Å². The monoisotopic (exact) mass is 303 g/mol. The van der Waals surface area contributed by atoms with Gasteiger partial charge in [-0.25, -0.2) is 8.42 Å². The molecule has 0 aromatic carbocycles. The van der Waals surface area contributed by atoms with E-state index in [0.717, 1.165) is 5.92 Å². The van der Waals surface area contributed by atoms with E-state index in [0.29, 0.717) is 0 Å². The van der Waals surface area contributed by atoms with Crippen LogP contribution in [0, 0.1) is 5.92 Å². The maximum absolute atomic E-state index is 8.63. The number of hydrogen-bond acceptors (Lipinski definition) is 4. The van der Waals surface area contributed by atoms with Crippen molar-refractivity contribution in [3.05, 3.63) is 0 Å². The third-order valence-corrected chi connectivity index (χ3v) is 3.37. The molecule has 0 amide bonds. The second-order valence-electron chi connectivity index (χ2n) is 5.05. The van der Waals surface area contributed by atoms with E-state index in [9.17, 15) is 0 Å². The Morgan fingerprint density at radius 2 is 1.45 bits per heavy atom. The standard InChI is InChI=1S/C13H29N.Li.H2O4S/c1-5-9-12(8-4)13(14,10-6-2)11-7-3;;1-5(2,3)4/h12H,5-11,14H2,1-4H3;;(H2,1,2,3,4)/q;+1;/p-1. The Hall–Kier alpha value is 0.427. The fourth-order valence-electron chi connectivity index (χ4n) is 2.71. The van der Waals surface area contributed by atoms with Crippen molar-refractivity contribution < 1.29 is 36.4 Å². The van der Waals surface area contributed by atoms with Crippen molar-refractivity contribution in [1.29, 1.82) is 0 Å². The SMILES string of the molecule is CCCC(CC)C(N)(CCC)CCC.O=S(=O)([O-])O.[Li+]. The molecule has 7 heteroatoms. The summed E-state index contributed by atoms with van der Waals surface area (Å²) in [5.41, 5.74) is 6.68. The van der Waals surface area contributed by atoms with E-state index in [-0.39, 0.29) is 24.4 Å². The summed E-state index contributed by atoms with van der Waals surface area (Å²) in [6, 6.07) is 0. The fourth-order valence-corrected chi connectivity index (χ4v) is 2.71.